The Morgan fingerprint density at radius 2 is 1.04 bits per heavy atom. The molecular formula is C43H68N4O4. The summed E-state index contributed by atoms with van der Waals surface area (Å²) in [6.45, 7) is 7.84. The SMILES string of the molecule is CCCCCCCCCCCCCCCCCCNC(=O)[C@@H](NC(=O)NCCCCCCN1C(=O)c2cc3ccccc3cc2C1=O)[C@@H](C)CC. The first-order valence-electron chi connectivity index (χ1n) is 20.6. The van der Waals surface area contributed by atoms with Crippen molar-refractivity contribution in [2.24, 2.45) is 5.92 Å². The standard InChI is InChI=1S/C43H68N4O4/c1-4-6-7-8-9-10-11-12-13-14-15-16-17-18-19-24-29-44-40(48)39(34(3)5-2)46-43(51)45-30-25-20-21-26-31-47-41(49)37-32-35-27-22-23-28-36(35)33-38(37)42(47)50/h22-23,27-28,32-34,39H,4-21,24-26,29-31H2,1-3H3,(H,44,48)(H2,45,46,51)/t34-,39-/m0/s1. The van der Waals surface area contributed by atoms with Crippen molar-refractivity contribution in [2.45, 2.75) is 162 Å². The van der Waals surface area contributed by atoms with Crippen molar-refractivity contribution in [1.29, 1.82) is 0 Å². The van der Waals surface area contributed by atoms with E-state index in [9.17, 15) is 19.2 Å². The minimum absolute atomic E-state index is 0.0297. The molecule has 3 rings (SSSR count). The van der Waals surface area contributed by atoms with Crippen LogP contribution in [0.1, 0.15) is 176 Å². The van der Waals surface area contributed by atoms with E-state index in [1.54, 1.807) is 0 Å². The van der Waals surface area contributed by atoms with Gasteiger partial charge < -0.3 is 16.0 Å². The van der Waals surface area contributed by atoms with Crippen LogP contribution in [0.25, 0.3) is 10.8 Å². The highest BCUT2D eigenvalue weighted by atomic mass is 16.2. The van der Waals surface area contributed by atoms with Crippen LogP contribution in [0.3, 0.4) is 0 Å². The van der Waals surface area contributed by atoms with Gasteiger partial charge in [0.25, 0.3) is 11.8 Å². The first-order valence-corrected chi connectivity index (χ1v) is 20.6. The molecule has 0 aliphatic carbocycles. The summed E-state index contributed by atoms with van der Waals surface area (Å²) < 4.78 is 0. The highest BCUT2D eigenvalue weighted by Crippen LogP contribution is 2.28. The van der Waals surface area contributed by atoms with E-state index >= 15 is 0 Å². The molecule has 51 heavy (non-hydrogen) atoms. The van der Waals surface area contributed by atoms with Gasteiger partial charge in [-0.25, -0.2) is 4.79 Å². The summed E-state index contributed by atoms with van der Waals surface area (Å²) in [5.74, 6) is -0.517. The summed E-state index contributed by atoms with van der Waals surface area (Å²) >= 11 is 0. The summed E-state index contributed by atoms with van der Waals surface area (Å²) in [5, 5.41) is 10.8. The molecule has 3 N–H and O–H groups in total. The van der Waals surface area contributed by atoms with E-state index in [4.69, 9.17) is 0 Å². The fraction of sp³-hybridized carbons (Fsp3) is 0.674. The van der Waals surface area contributed by atoms with Crippen molar-refractivity contribution in [3.8, 4) is 0 Å². The highest BCUT2D eigenvalue weighted by molar-refractivity contribution is 6.23. The summed E-state index contributed by atoms with van der Waals surface area (Å²) in [4.78, 5) is 52.8. The van der Waals surface area contributed by atoms with Gasteiger partial charge >= 0.3 is 6.03 Å². The van der Waals surface area contributed by atoms with Crippen LogP contribution in [0.4, 0.5) is 4.79 Å². The molecule has 8 heteroatoms. The van der Waals surface area contributed by atoms with Crippen molar-refractivity contribution in [2.75, 3.05) is 19.6 Å². The Morgan fingerprint density at radius 3 is 1.51 bits per heavy atom. The van der Waals surface area contributed by atoms with Gasteiger partial charge in [0.2, 0.25) is 5.91 Å². The molecule has 0 unspecified atom stereocenters. The van der Waals surface area contributed by atoms with Crippen LogP contribution < -0.4 is 16.0 Å². The number of carbonyl (C=O) groups excluding carboxylic acids is 4. The molecule has 1 aliphatic heterocycles. The van der Waals surface area contributed by atoms with Gasteiger partial charge in [-0.3, -0.25) is 19.3 Å². The molecule has 0 spiro atoms. The number of unbranched alkanes of at least 4 members (excludes halogenated alkanes) is 18. The molecule has 2 aromatic rings. The number of urea groups is 1. The van der Waals surface area contributed by atoms with Crippen LogP contribution in [-0.4, -0.2) is 54.3 Å². The van der Waals surface area contributed by atoms with Crippen LogP contribution in [-0.2, 0) is 4.79 Å². The third-order valence-electron chi connectivity index (χ3n) is 10.5. The molecule has 0 saturated heterocycles. The molecule has 0 radical (unpaired) electrons. The zero-order chi connectivity index (χ0) is 36.7. The van der Waals surface area contributed by atoms with E-state index in [0.29, 0.717) is 37.2 Å². The van der Waals surface area contributed by atoms with E-state index in [0.717, 1.165) is 49.3 Å². The Bertz CT molecular complexity index is 1290. The topological polar surface area (TPSA) is 108 Å². The summed E-state index contributed by atoms with van der Waals surface area (Å²) in [7, 11) is 0. The van der Waals surface area contributed by atoms with Gasteiger partial charge in [-0.2, -0.15) is 0 Å². The molecule has 1 heterocycles. The number of benzene rings is 2. The van der Waals surface area contributed by atoms with E-state index in [1.807, 2.05) is 50.2 Å². The van der Waals surface area contributed by atoms with Gasteiger partial charge in [0.1, 0.15) is 6.04 Å². The lowest BCUT2D eigenvalue weighted by molar-refractivity contribution is -0.124. The fourth-order valence-electron chi connectivity index (χ4n) is 7.02. The molecule has 0 bridgehead atoms. The maximum atomic E-state index is 13.0. The van der Waals surface area contributed by atoms with Crippen molar-refractivity contribution < 1.29 is 19.2 Å². The molecule has 2 atom stereocenters. The van der Waals surface area contributed by atoms with Crippen LogP contribution in [0.15, 0.2) is 36.4 Å². The normalized spacial score (nSPS) is 13.7. The van der Waals surface area contributed by atoms with E-state index in [2.05, 4.69) is 22.9 Å². The van der Waals surface area contributed by atoms with Gasteiger partial charge in [0.15, 0.2) is 0 Å². The van der Waals surface area contributed by atoms with Crippen molar-refractivity contribution in [1.82, 2.24) is 20.9 Å². The maximum Gasteiger partial charge on any atom is 0.315 e. The lowest BCUT2D eigenvalue weighted by atomic mass is 9.98. The van der Waals surface area contributed by atoms with Gasteiger partial charge in [0.05, 0.1) is 11.1 Å². The van der Waals surface area contributed by atoms with Crippen LogP contribution in [0.2, 0.25) is 0 Å². The number of nitrogens with zero attached hydrogens (tertiary/aromatic N) is 1. The molecule has 0 aromatic heterocycles. The average Bonchev–Trinajstić information content (AvgIpc) is 3.37. The number of hydrogen-bond donors (Lipinski definition) is 3. The Morgan fingerprint density at radius 1 is 0.608 bits per heavy atom. The predicted molar refractivity (Wildman–Crippen MR) is 210 cm³/mol. The molecule has 284 valence electrons. The van der Waals surface area contributed by atoms with E-state index in [-0.39, 0.29) is 29.7 Å². The number of imide groups is 1. The predicted octanol–water partition coefficient (Wildman–Crippen LogP) is 10.1. The smallest absolute Gasteiger partial charge is 0.315 e. The Balaban J connectivity index is 1.18. The Labute approximate surface area is 308 Å². The third kappa shape index (κ3) is 15.0. The molecule has 0 saturated carbocycles. The lowest BCUT2D eigenvalue weighted by Crippen LogP contribution is -2.53. The lowest BCUT2D eigenvalue weighted by Gasteiger charge is -2.23. The van der Waals surface area contributed by atoms with Crippen LogP contribution in [0, 0.1) is 5.92 Å². The van der Waals surface area contributed by atoms with Crippen LogP contribution in [0.5, 0.6) is 0 Å². The summed E-state index contributed by atoms with van der Waals surface area (Å²) in [6.07, 6.45) is 25.1. The number of rotatable bonds is 28. The van der Waals surface area contributed by atoms with E-state index < -0.39 is 6.04 Å². The number of amides is 5. The van der Waals surface area contributed by atoms with Crippen LogP contribution >= 0.6 is 0 Å². The monoisotopic (exact) mass is 705 g/mol. The quantitative estimate of drug-likeness (QED) is 0.0605. The zero-order valence-corrected chi connectivity index (χ0v) is 32.2. The third-order valence-corrected chi connectivity index (χ3v) is 10.5. The van der Waals surface area contributed by atoms with Gasteiger partial charge in [-0.1, -0.05) is 161 Å². The largest absolute Gasteiger partial charge is 0.354 e. The first kappa shape index (κ1) is 42.0. The summed E-state index contributed by atoms with van der Waals surface area (Å²) in [5.41, 5.74) is 0.969. The minimum Gasteiger partial charge on any atom is -0.354 e. The van der Waals surface area contributed by atoms with Gasteiger partial charge in [-0.05, 0) is 48.1 Å². The molecular weight excluding hydrogens is 636 g/mol. The van der Waals surface area contributed by atoms with E-state index in [1.165, 1.54) is 94.8 Å². The second-order valence-electron chi connectivity index (χ2n) is 14.8. The second-order valence-corrected chi connectivity index (χ2v) is 14.8. The first-order chi connectivity index (χ1) is 24.9. The highest BCUT2D eigenvalue weighted by Gasteiger charge is 2.35. The zero-order valence-electron chi connectivity index (χ0n) is 32.2. The number of nitrogens with one attached hydrogen (secondary N) is 3. The second kappa shape index (κ2) is 24.7. The number of hydrogen-bond acceptors (Lipinski definition) is 4. The van der Waals surface area contributed by atoms with Crippen molar-refractivity contribution in [3.63, 3.8) is 0 Å². The molecule has 0 fully saturated rings. The minimum atomic E-state index is -0.562. The molecule has 2 aromatic carbocycles. The Hall–Kier alpha value is -3.42. The molecule has 5 amide bonds. The van der Waals surface area contributed by atoms with Gasteiger partial charge in [-0.15, -0.1) is 0 Å². The Kier molecular flexibility index (Phi) is 20.3. The maximum absolute atomic E-state index is 13.0. The molecule has 1 aliphatic rings. The molecule has 8 nitrogen and oxygen atoms in total. The van der Waals surface area contributed by atoms with Crippen molar-refractivity contribution in [3.05, 3.63) is 47.5 Å². The number of carbonyl (C=O) groups is 4. The fourth-order valence-corrected chi connectivity index (χ4v) is 7.02. The average molecular weight is 705 g/mol. The van der Waals surface area contributed by atoms with Gasteiger partial charge in [0, 0.05) is 19.6 Å². The summed E-state index contributed by atoms with van der Waals surface area (Å²) in [6, 6.07) is 10.5. The number of fused-ring (bicyclic) bond motifs is 2. The van der Waals surface area contributed by atoms with Crippen molar-refractivity contribution >= 4 is 34.5 Å².